The van der Waals surface area contributed by atoms with Gasteiger partial charge in [-0.05, 0) is 40.8 Å². The topological polar surface area (TPSA) is 48.5 Å². The molecular formula is C13H13ClIN5. The van der Waals surface area contributed by atoms with Crippen LogP contribution in [0.4, 0.5) is 0 Å². The Bertz CT molecular complexity index is 748. The molecule has 2 heterocycles. The number of halogens is 2. The van der Waals surface area contributed by atoms with Crippen molar-refractivity contribution in [2.45, 2.75) is 13.0 Å². The van der Waals surface area contributed by atoms with Gasteiger partial charge in [0, 0.05) is 22.9 Å². The van der Waals surface area contributed by atoms with Gasteiger partial charge in [-0.15, -0.1) is 21.8 Å². The van der Waals surface area contributed by atoms with Crippen molar-refractivity contribution in [3.05, 3.63) is 39.7 Å². The molecule has 0 atom stereocenters. The van der Waals surface area contributed by atoms with E-state index < -0.39 is 0 Å². The maximum Gasteiger partial charge on any atom is 0.152 e. The molecule has 0 N–H and O–H groups in total. The lowest BCUT2D eigenvalue weighted by molar-refractivity contribution is 0.680. The minimum atomic E-state index is 0.555. The van der Waals surface area contributed by atoms with Crippen LogP contribution >= 0.6 is 34.2 Å². The smallest absolute Gasteiger partial charge is 0.152 e. The summed E-state index contributed by atoms with van der Waals surface area (Å²) >= 11 is 8.19. The van der Waals surface area contributed by atoms with E-state index in [2.05, 4.69) is 60.5 Å². The first-order chi connectivity index (χ1) is 9.69. The fraction of sp³-hybridized carbons (Fsp3) is 0.308. The van der Waals surface area contributed by atoms with Crippen LogP contribution in [0.15, 0.2) is 24.5 Å². The Hall–Kier alpha value is -1.15. The van der Waals surface area contributed by atoms with E-state index in [0.717, 1.165) is 29.1 Å². The number of alkyl halides is 1. The summed E-state index contributed by atoms with van der Waals surface area (Å²) < 4.78 is 5.26. The number of benzene rings is 1. The van der Waals surface area contributed by atoms with Crippen molar-refractivity contribution in [1.29, 1.82) is 0 Å². The number of nitrogens with zero attached hydrogens (tertiary/aromatic N) is 5. The molecule has 7 heteroatoms. The second-order valence-electron chi connectivity index (χ2n) is 4.54. The fourth-order valence-corrected chi connectivity index (χ4v) is 2.84. The summed E-state index contributed by atoms with van der Waals surface area (Å²) in [5.74, 6) is 2.44. The molecule has 2 aromatic heterocycles. The molecule has 3 rings (SSSR count). The lowest BCUT2D eigenvalue weighted by atomic mass is 10.3. The normalized spacial score (nSPS) is 11.3. The molecule has 0 radical (unpaired) electrons. The average molecular weight is 402 g/mol. The van der Waals surface area contributed by atoms with Crippen molar-refractivity contribution in [3.63, 3.8) is 0 Å². The third-order valence-corrected chi connectivity index (χ3v) is 4.07. The summed E-state index contributed by atoms with van der Waals surface area (Å²) in [5, 5.41) is 8.07. The van der Waals surface area contributed by atoms with Gasteiger partial charge in [0.15, 0.2) is 5.82 Å². The molecule has 0 aliphatic carbocycles. The Balaban J connectivity index is 2.11. The summed E-state index contributed by atoms with van der Waals surface area (Å²) in [4.78, 5) is 4.69. The van der Waals surface area contributed by atoms with Gasteiger partial charge >= 0.3 is 0 Å². The molecule has 104 valence electrons. The molecule has 3 aromatic rings. The zero-order valence-electron chi connectivity index (χ0n) is 10.9. The number of fused-ring (bicyclic) bond motifs is 1. The van der Waals surface area contributed by atoms with Crippen LogP contribution in [0.3, 0.4) is 0 Å². The molecule has 0 amide bonds. The van der Waals surface area contributed by atoms with Gasteiger partial charge in [-0.3, -0.25) is 0 Å². The van der Waals surface area contributed by atoms with Gasteiger partial charge in [0.2, 0.25) is 0 Å². The Morgan fingerprint density at radius 2 is 2.15 bits per heavy atom. The van der Waals surface area contributed by atoms with Gasteiger partial charge in [0.25, 0.3) is 0 Å². The summed E-state index contributed by atoms with van der Waals surface area (Å²) in [6, 6.07) is 6.27. The zero-order valence-corrected chi connectivity index (χ0v) is 13.8. The molecule has 0 aliphatic rings. The molecule has 0 fully saturated rings. The highest BCUT2D eigenvalue weighted by atomic mass is 127. The van der Waals surface area contributed by atoms with Crippen molar-refractivity contribution < 1.29 is 0 Å². The van der Waals surface area contributed by atoms with Gasteiger partial charge in [0.05, 0.1) is 17.6 Å². The minimum Gasteiger partial charge on any atom is -0.320 e. The van der Waals surface area contributed by atoms with E-state index in [0.29, 0.717) is 12.4 Å². The number of rotatable bonds is 4. The van der Waals surface area contributed by atoms with Crippen LogP contribution in [0.1, 0.15) is 11.6 Å². The van der Waals surface area contributed by atoms with Crippen molar-refractivity contribution in [1.82, 2.24) is 24.3 Å². The van der Waals surface area contributed by atoms with Crippen molar-refractivity contribution in [2.75, 3.05) is 5.88 Å². The molecule has 5 nitrogen and oxygen atoms in total. The monoisotopic (exact) mass is 401 g/mol. The number of hydrogen-bond donors (Lipinski definition) is 0. The van der Waals surface area contributed by atoms with Crippen LogP contribution in [0, 0.1) is 3.57 Å². The first-order valence-electron chi connectivity index (χ1n) is 6.22. The molecule has 0 aliphatic heterocycles. The summed E-state index contributed by atoms with van der Waals surface area (Å²) in [7, 11) is 1.94. The molecule has 0 saturated carbocycles. The van der Waals surface area contributed by atoms with Gasteiger partial charge in [-0.25, -0.2) is 4.98 Å². The molecule has 1 aromatic carbocycles. The summed E-state index contributed by atoms with van der Waals surface area (Å²) in [6.45, 7) is 0.653. The van der Waals surface area contributed by atoms with E-state index >= 15 is 0 Å². The van der Waals surface area contributed by atoms with E-state index in [-0.39, 0.29) is 0 Å². The first-order valence-corrected chi connectivity index (χ1v) is 7.84. The highest BCUT2D eigenvalue weighted by Gasteiger charge is 2.13. The standard InChI is InChI=1S/C13H13ClIN5/c1-19-8-16-18-13(19)7-20-11-3-2-9(15)6-10(11)17-12(20)4-5-14/h2-3,6,8H,4-5,7H2,1H3. The number of aromatic nitrogens is 5. The lowest BCUT2D eigenvalue weighted by Crippen LogP contribution is -2.09. The highest BCUT2D eigenvalue weighted by Crippen LogP contribution is 2.20. The molecule has 20 heavy (non-hydrogen) atoms. The van der Waals surface area contributed by atoms with Gasteiger partial charge in [-0.1, -0.05) is 0 Å². The predicted octanol–water partition coefficient (Wildman–Crippen LogP) is 2.60. The number of aryl methyl sites for hydroxylation is 2. The third kappa shape index (κ3) is 2.54. The number of imidazole rings is 1. The van der Waals surface area contributed by atoms with Crippen LogP contribution in [-0.4, -0.2) is 30.2 Å². The largest absolute Gasteiger partial charge is 0.320 e. The van der Waals surface area contributed by atoms with Gasteiger partial charge < -0.3 is 9.13 Å². The first kappa shape index (κ1) is 13.8. The van der Waals surface area contributed by atoms with Crippen molar-refractivity contribution in [3.8, 4) is 0 Å². The fourth-order valence-electron chi connectivity index (χ4n) is 2.20. The quantitative estimate of drug-likeness (QED) is 0.499. The van der Waals surface area contributed by atoms with E-state index in [1.165, 1.54) is 3.57 Å². The third-order valence-electron chi connectivity index (χ3n) is 3.21. The van der Waals surface area contributed by atoms with Crippen LogP contribution in [0.25, 0.3) is 11.0 Å². The van der Waals surface area contributed by atoms with E-state index in [4.69, 9.17) is 11.6 Å². The minimum absolute atomic E-state index is 0.555. The molecule has 0 unspecified atom stereocenters. The molecular weight excluding hydrogens is 389 g/mol. The van der Waals surface area contributed by atoms with Crippen molar-refractivity contribution >= 4 is 45.2 Å². The molecule has 0 saturated heterocycles. The zero-order chi connectivity index (χ0) is 14.1. The van der Waals surface area contributed by atoms with Crippen LogP contribution in [-0.2, 0) is 20.0 Å². The van der Waals surface area contributed by atoms with Crippen LogP contribution < -0.4 is 0 Å². The number of hydrogen-bond acceptors (Lipinski definition) is 3. The molecule has 0 spiro atoms. The SMILES string of the molecule is Cn1cnnc1Cn1c(CCCl)nc2cc(I)ccc21. The Morgan fingerprint density at radius 3 is 2.85 bits per heavy atom. The van der Waals surface area contributed by atoms with Crippen molar-refractivity contribution in [2.24, 2.45) is 7.05 Å². The molecule has 0 bridgehead atoms. The highest BCUT2D eigenvalue weighted by molar-refractivity contribution is 14.1. The van der Waals surface area contributed by atoms with Gasteiger partial charge in [0.1, 0.15) is 12.2 Å². The lowest BCUT2D eigenvalue weighted by Gasteiger charge is -2.07. The predicted molar refractivity (Wildman–Crippen MR) is 87.0 cm³/mol. The van der Waals surface area contributed by atoms with Gasteiger partial charge in [-0.2, -0.15) is 0 Å². The average Bonchev–Trinajstić information content (AvgIpc) is 2.96. The van der Waals surface area contributed by atoms with Crippen LogP contribution in [0.2, 0.25) is 0 Å². The maximum absolute atomic E-state index is 5.89. The second-order valence-corrected chi connectivity index (χ2v) is 6.17. The Labute approximate surface area is 135 Å². The van der Waals surface area contributed by atoms with E-state index in [9.17, 15) is 0 Å². The maximum atomic E-state index is 5.89. The summed E-state index contributed by atoms with van der Waals surface area (Å²) in [5.41, 5.74) is 2.10. The van der Waals surface area contributed by atoms with E-state index in [1.807, 2.05) is 11.6 Å². The van der Waals surface area contributed by atoms with E-state index in [1.54, 1.807) is 6.33 Å². The summed E-state index contributed by atoms with van der Waals surface area (Å²) in [6.07, 6.45) is 2.45. The Morgan fingerprint density at radius 1 is 1.30 bits per heavy atom. The Kier molecular flexibility index (Phi) is 3.93. The second kappa shape index (κ2) is 5.69. The van der Waals surface area contributed by atoms with Crippen LogP contribution in [0.5, 0.6) is 0 Å².